The Morgan fingerprint density at radius 2 is 0.732 bits per heavy atom. The molecule has 71 heavy (non-hydrogen) atoms. The summed E-state index contributed by atoms with van der Waals surface area (Å²) in [5.74, 6) is -0.953. The fourth-order valence-electron chi connectivity index (χ4n) is 9.27. The Morgan fingerprint density at radius 3 is 1.03 bits per heavy atom. The van der Waals surface area contributed by atoms with Gasteiger partial charge in [-0.3, -0.25) is 57.5 Å². The van der Waals surface area contributed by atoms with Gasteiger partial charge >= 0.3 is 0 Å². The van der Waals surface area contributed by atoms with Crippen molar-refractivity contribution in [2.75, 3.05) is 41.0 Å². The summed E-state index contributed by atoms with van der Waals surface area (Å²) >= 11 is 0. The summed E-state index contributed by atoms with van der Waals surface area (Å²) in [6.45, 7) is -0.674. The van der Waals surface area contributed by atoms with Gasteiger partial charge in [0.2, 0.25) is 0 Å². The Balaban J connectivity index is 0.000000132. The Labute approximate surface area is 392 Å². The topological polar surface area (TPSA) is 415 Å². The van der Waals surface area contributed by atoms with Gasteiger partial charge in [-0.15, -0.1) is 0 Å². The number of nitrogen functional groups attached to an aromatic ring is 6. The van der Waals surface area contributed by atoms with Crippen molar-refractivity contribution in [1.29, 1.82) is 10.5 Å². The average molecular weight is 947 g/mol. The number of hydrogen-bond acceptors (Lipinski definition) is 19. The second-order valence-electron chi connectivity index (χ2n) is 16.1. The molecule has 21 heteroatoms. The first-order valence-electron chi connectivity index (χ1n) is 20.8. The number of carbonyl (C=O) groups is 2. The first-order chi connectivity index (χ1) is 33.8. The van der Waals surface area contributed by atoms with Crippen molar-refractivity contribution >= 4 is 110 Å². The van der Waals surface area contributed by atoms with Gasteiger partial charge in [0.15, 0.2) is 33.3 Å². The summed E-state index contributed by atoms with van der Waals surface area (Å²) in [5.41, 5.74) is 29.4. The molecule has 0 amide bonds. The first kappa shape index (κ1) is 45.5. The molecule has 346 valence electrons. The molecule has 1 aliphatic rings. The van der Waals surface area contributed by atoms with Crippen molar-refractivity contribution in [2.24, 2.45) is 0 Å². The number of aliphatic hydroxyl groups is 1. The fraction of sp³-hybridized carbons (Fsp3) is 0.0400. The Kier molecular flexibility index (Phi) is 10.5. The first-order valence-corrected chi connectivity index (χ1v) is 20.8. The predicted molar refractivity (Wildman–Crippen MR) is 268 cm³/mol. The third kappa shape index (κ3) is 6.21. The summed E-state index contributed by atoms with van der Waals surface area (Å²) in [4.78, 5) is 127. The molecule has 0 atom stereocenters. The maximum Gasteiger partial charge on any atom is 0.263 e. The van der Waals surface area contributed by atoms with E-state index in [1.165, 1.54) is 36.4 Å². The normalized spacial score (nSPS) is 11.8. The maximum absolute atomic E-state index is 12.9. The van der Waals surface area contributed by atoms with Crippen LogP contribution in [0.25, 0.3) is 64.6 Å². The summed E-state index contributed by atoms with van der Waals surface area (Å²) in [5, 5.41) is 26.9. The van der Waals surface area contributed by atoms with E-state index in [1.807, 2.05) is 0 Å². The monoisotopic (exact) mass is 946 g/mol. The fourth-order valence-corrected chi connectivity index (χ4v) is 9.27. The number of ketones is 2. The number of benzene rings is 8. The van der Waals surface area contributed by atoms with E-state index < -0.39 is 62.1 Å². The standard InChI is InChI=1S/C18H13N3O5.C16H8N4O2.C16H9N3O4/c19-13-9-10(16(24)8-4-2-1-3-7(8)15(9)23)14(20)12-11(13)17(25)21(5-6-22)18(12)26;17-5-9-10(6-18)14(20)12-11(13(9)19)15(21)7-3-1-2-4-8(7)16(12)22;17-11-7-8(12(18)10-9(11)15(22)19-16(10)23)14(21)6-4-2-1-3-5(6)13(7)20/h1-4,22H,5-6,19-20H2;1-4H,19-20H2;1-4H,17-18H2,(H,19,22,23). The number of aromatic amines is 1. The van der Waals surface area contributed by atoms with Crippen LogP contribution in [0.15, 0.2) is 111 Å². The molecule has 0 aliphatic heterocycles. The van der Waals surface area contributed by atoms with Crippen molar-refractivity contribution < 1.29 is 14.7 Å². The average Bonchev–Trinajstić information content (AvgIpc) is 3.81. The lowest BCUT2D eigenvalue weighted by molar-refractivity contribution is 0.0980. The SMILES string of the molecule is N#Cc1c(N)c2c(c(N)c1C#N)C(=O)c1ccccc1C2=O.Nc1c2c(=O)[nH]c(=O)c2c(N)c2c(=O)c3ccccc3c(=O)c12.Nc1c2c(=O)c3ccccc3c(=O)c2c(N)c2c(=O)n(CCO)c(=O)c12. The number of rotatable bonds is 2. The number of nitrogens with zero attached hydrogens (tertiary/aromatic N) is 3. The molecule has 0 saturated heterocycles. The van der Waals surface area contributed by atoms with Crippen LogP contribution in [0.1, 0.15) is 43.0 Å². The highest BCUT2D eigenvalue weighted by atomic mass is 16.3. The van der Waals surface area contributed by atoms with E-state index in [4.69, 9.17) is 39.5 Å². The number of nitrogens with one attached hydrogen (secondary N) is 1. The van der Waals surface area contributed by atoms with Crippen LogP contribution in [0.2, 0.25) is 0 Å². The molecule has 0 fully saturated rings. The van der Waals surface area contributed by atoms with E-state index in [9.17, 15) is 58.5 Å². The molecule has 0 spiro atoms. The zero-order valence-electron chi connectivity index (χ0n) is 36.2. The minimum Gasteiger partial charge on any atom is -0.397 e. The molecule has 21 nitrogen and oxygen atoms in total. The number of aromatic nitrogens is 2. The molecular weight excluding hydrogens is 917 g/mol. The van der Waals surface area contributed by atoms with Gasteiger partial charge in [0.25, 0.3) is 22.2 Å². The smallest absolute Gasteiger partial charge is 0.263 e. The molecular formula is C50H30N10O11. The molecule has 1 aliphatic carbocycles. The molecule has 11 rings (SSSR count). The van der Waals surface area contributed by atoms with Crippen molar-refractivity contribution in [3.05, 3.63) is 188 Å². The summed E-state index contributed by atoms with van der Waals surface area (Å²) in [6.07, 6.45) is 0. The molecule has 2 heterocycles. The number of hydrogen-bond donors (Lipinski definition) is 8. The van der Waals surface area contributed by atoms with E-state index in [-0.39, 0.29) is 139 Å². The lowest BCUT2D eigenvalue weighted by Crippen LogP contribution is -2.27. The number of nitriles is 2. The summed E-state index contributed by atoms with van der Waals surface area (Å²) in [6, 6.07) is 22.3. The summed E-state index contributed by atoms with van der Waals surface area (Å²) < 4.78 is 0.797. The second kappa shape index (κ2) is 16.3. The van der Waals surface area contributed by atoms with E-state index in [1.54, 1.807) is 48.5 Å². The molecule has 14 N–H and O–H groups in total. The third-order valence-electron chi connectivity index (χ3n) is 12.5. The van der Waals surface area contributed by atoms with E-state index in [0.717, 1.165) is 4.57 Å². The number of anilines is 6. The quantitative estimate of drug-likeness (QED) is 0.0673. The number of fused-ring (bicyclic) bond motifs is 8. The highest BCUT2D eigenvalue weighted by Crippen LogP contribution is 2.39. The molecule has 10 aromatic rings. The molecule has 0 radical (unpaired) electrons. The third-order valence-corrected chi connectivity index (χ3v) is 12.5. The number of nitrogens with two attached hydrogens (primary N) is 6. The van der Waals surface area contributed by atoms with E-state index >= 15 is 0 Å². The zero-order chi connectivity index (χ0) is 51.2. The number of carbonyl (C=O) groups excluding carboxylic acids is 2. The van der Waals surface area contributed by atoms with Crippen LogP contribution in [-0.4, -0.2) is 32.8 Å². The van der Waals surface area contributed by atoms with Crippen LogP contribution >= 0.6 is 0 Å². The zero-order valence-corrected chi connectivity index (χ0v) is 36.2. The van der Waals surface area contributed by atoms with Crippen LogP contribution < -0.4 is 78.4 Å². The largest absolute Gasteiger partial charge is 0.397 e. The van der Waals surface area contributed by atoms with Crippen molar-refractivity contribution in [3.63, 3.8) is 0 Å². The maximum atomic E-state index is 12.9. The molecule has 0 bridgehead atoms. The van der Waals surface area contributed by atoms with Crippen LogP contribution in [-0.2, 0) is 6.54 Å². The molecule has 8 aromatic carbocycles. The van der Waals surface area contributed by atoms with Crippen LogP contribution in [0, 0.1) is 22.7 Å². The van der Waals surface area contributed by atoms with Gasteiger partial charge in [-0.1, -0.05) is 72.8 Å². The Bertz CT molecular complexity index is 4410. The van der Waals surface area contributed by atoms with Crippen molar-refractivity contribution in [1.82, 2.24) is 9.55 Å². The van der Waals surface area contributed by atoms with Crippen LogP contribution in [0.4, 0.5) is 34.1 Å². The van der Waals surface area contributed by atoms with E-state index in [2.05, 4.69) is 4.98 Å². The minimum atomic E-state index is -0.745. The van der Waals surface area contributed by atoms with Gasteiger partial charge in [-0.2, -0.15) is 10.5 Å². The molecule has 0 saturated carbocycles. The predicted octanol–water partition coefficient (Wildman–Crippen LogP) is 0.746. The Hall–Kier alpha value is -10.6. The second-order valence-corrected chi connectivity index (χ2v) is 16.1. The lowest BCUT2D eigenvalue weighted by atomic mass is 9.80. The van der Waals surface area contributed by atoms with Gasteiger partial charge in [0.1, 0.15) is 12.1 Å². The van der Waals surface area contributed by atoms with Gasteiger partial charge in [0.05, 0.1) is 113 Å². The number of aliphatic hydroxyl groups excluding tert-OH is 1. The highest BCUT2D eigenvalue weighted by Gasteiger charge is 2.36. The van der Waals surface area contributed by atoms with Gasteiger partial charge in [-0.05, 0) is 0 Å². The highest BCUT2D eigenvalue weighted by molar-refractivity contribution is 6.32. The molecule has 0 unspecified atom stereocenters. The van der Waals surface area contributed by atoms with Crippen LogP contribution in [0.5, 0.6) is 0 Å². The summed E-state index contributed by atoms with van der Waals surface area (Å²) in [7, 11) is 0. The minimum absolute atomic E-state index is 0.100. The number of H-pyrrole nitrogens is 1. The van der Waals surface area contributed by atoms with Gasteiger partial charge in [-0.25, -0.2) is 0 Å². The van der Waals surface area contributed by atoms with Crippen molar-refractivity contribution in [3.8, 4) is 12.1 Å². The van der Waals surface area contributed by atoms with Gasteiger partial charge in [0, 0.05) is 32.7 Å². The van der Waals surface area contributed by atoms with Crippen molar-refractivity contribution in [2.45, 2.75) is 6.54 Å². The van der Waals surface area contributed by atoms with E-state index in [0.29, 0.717) is 0 Å². The van der Waals surface area contributed by atoms with Gasteiger partial charge < -0.3 is 39.5 Å². The lowest BCUT2D eigenvalue weighted by Gasteiger charge is -2.21. The Morgan fingerprint density at radius 1 is 0.437 bits per heavy atom. The van der Waals surface area contributed by atoms with Crippen LogP contribution in [0.3, 0.4) is 0 Å². The molecule has 2 aromatic heterocycles.